The minimum atomic E-state index is -0.128. The molecule has 6 rings (SSSR count). The summed E-state index contributed by atoms with van der Waals surface area (Å²) in [7, 11) is 0. The molecule has 4 aliphatic rings. The van der Waals surface area contributed by atoms with Gasteiger partial charge in [-0.15, -0.1) is 0 Å². The van der Waals surface area contributed by atoms with E-state index in [1.165, 1.54) is 6.08 Å². The summed E-state index contributed by atoms with van der Waals surface area (Å²) in [5.74, 6) is 2.71. The number of aromatic nitrogens is 2. The maximum absolute atomic E-state index is 9.26. The molecule has 0 amide bonds. The van der Waals surface area contributed by atoms with Gasteiger partial charge in [0.25, 0.3) is 0 Å². The maximum atomic E-state index is 9.26. The summed E-state index contributed by atoms with van der Waals surface area (Å²) in [6, 6.07) is 8.45. The zero-order valence-electron chi connectivity index (χ0n) is 17.0. The minimum Gasteiger partial charge on any atom is -0.438 e. The van der Waals surface area contributed by atoms with Gasteiger partial charge in [-0.3, -0.25) is 0 Å². The Kier molecular flexibility index (Phi) is 3.98. The third kappa shape index (κ3) is 2.86. The first kappa shape index (κ1) is 18.4. The highest BCUT2D eigenvalue weighted by molar-refractivity contribution is 5.61. The number of nitrogens with one attached hydrogen (secondary N) is 2. The van der Waals surface area contributed by atoms with Crippen LogP contribution in [0.5, 0.6) is 11.6 Å². The number of rotatable bonds is 5. The van der Waals surface area contributed by atoms with E-state index in [4.69, 9.17) is 15.0 Å². The Morgan fingerprint density at radius 3 is 2.57 bits per heavy atom. The lowest BCUT2D eigenvalue weighted by molar-refractivity contribution is -0.0665. The summed E-state index contributed by atoms with van der Waals surface area (Å²) in [5, 5.41) is 24.8. The Morgan fingerprint density at radius 1 is 1.17 bits per heavy atom. The van der Waals surface area contributed by atoms with E-state index in [2.05, 4.69) is 21.7 Å². The second-order valence-electron chi connectivity index (χ2n) is 8.73. The fourth-order valence-corrected chi connectivity index (χ4v) is 5.03. The molecule has 0 unspecified atom stereocenters. The monoisotopic (exact) mass is 398 g/mol. The van der Waals surface area contributed by atoms with Crippen LogP contribution >= 0.6 is 0 Å². The predicted octanol–water partition coefficient (Wildman–Crippen LogP) is 4.25. The Morgan fingerprint density at radius 2 is 1.90 bits per heavy atom. The molecule has 0 saturated heterocycles. The zero-order valence-corrected chi connectivity index (χ0v) is 17.0. The summed E-state index contributed by atoms with van der Waals surface area (Å²) in [4.78, 5) is 9.36. The molecule has 2 N–H and O–H groups in total. The number of hydrogen-bond donors (Lipinski definition) is 2. The van der Waals surface area contributed by atoms with E-state index in [0.717, 1.165) is 66.0 Å². The van der Waals surface area contributed by atoms with Gasteiger partial charge in [0.15, 0.2) is 0 Å². The average molecular weight is 398 g/mol. The molecular weight excluding hydrogens is 376 g/mol. The molecule has 2 heterocycles. The van der Waals surface area contributed by atoms with Gasteiger partial charge in [0.1, 0.15) is 11.6 Å². The van der Waals surface area contributed by atoms with E-state index >= 15 is 0 Å². The molecule has 1 aliphatic heterocycles. The minimum absolute atomic E-state index is 0.0413. The van der Waals surface area contributed by atoms with E-state index in [0.29, 0.717) is 11.8 Å². The van der Waals surface area contributed by atoms with Crippen LogP contribution in [0.3, 0.4) is 0 Å². The lowest BCUT2D eigenvalue weighted by atomic mass is 9.40. The van der Waals surface area contributed by atoms with Gasteiger partial charge in [0, 0.05) is 18.2 Å². The summed E-state index contributed by atoms with van der Waals surface area (Å²) >= 11 is 0. The standard InChI is InChI=1S/C23H22N6O/c1-14-8-16(4-3-6-24)9-15(2)18(14)30-20-17-5-7-26-19(17)27-21(28-20)29-23-10-22(11-23,12-23)13-25/h3-4,8-9H,5,7,10-12H2,1-2H3,(H2,26,27,28,29)/b4-3+. The Bertz CT molecular complexity index is 1130. The van der Waals surface area contributed by atoms with Crippen molar-refractivity contribution >= 4 is 17.8 Å². The molecule has 7 nitrogen and oxygen atoms in total. The lowest BCUT2D eigenvalue weighted by Gasteiger charge is -2.66. The van der Waals surface area contributed by atoms with E-state index in [1.807, 2.05) is 32.0 Å². The van der Waals surface area contributed by atoms with Gasteiger partial charge < -0.3 is 15.4 Å². The Balaban J connectivity index is 1.44. The van der Waals surface area contributed by atoms with Gasteiger partial charge in [0.05, 0.1) is 23.1 Å². The number of ether oxygens (including phenoxy) is 1. The third-order valence-electron chi connectivity index (χ3n) is 6.31. The predicted molar refractivity (Wildman–Crippen MR) is 113 cm³/mol. The van der Waals surface area contributed by atoms with E-state index in [9.17, 15) is 5.26 Å². The van der Waals surface area contributed by atoms with E-state index in [-0.39, 0.29) is 11.0 Å². The van der Waals surface area contributed by atoms with Crippen LogP contribution in [-0.4, -0.2) is 22.1 Å². The highest BCUT2D eigenvalue weighted by atomic mass is 16.5. The number of allylic oxidation sites excluding steroid dienone is 1. The van der Waals surface area contributed by atoms with Crippen LogP contribution in [0.4, 0.5) is 11.8 Å². The summed E-state index contributed by atoms with van der Waals surface area (Å²) in [5.41, 5.74) is 3.74. The van der Waals surface area contributed by atoms with Crippen molar-refractivity contribution in [1.82, 2.24) is 9.97 Å². The third-order valence-corrected chi connectivity index (χ3v) is 6.31. The fourth-order valence-electron chi connectivity index (χ4n) is 5.03. The van der Waals surface area contributed by atoms with Crippen LogP contribution in [0.15, 0.2) is 18.2 Å². The number of anilines is 2. The van der Waals surface area contributed by atoms with Crippen LogP contribution < -0.4 is 15.4 Å². The molecule has 3 saturated carbocycles. The van der Waals surface area contributed by atoms with E-state index < -0.39 is 0 Å². The van der Waals surface area contributed by atoms with Crippen molar-refractivity contribution in [3.05, 3.63) is 40.5 Å². The molecule has 1 aromatic heterocycles. The Hall–Kier alpha value is -3.58. The highest BCUT2D eigenvalue weighted by Gasteiger charge is 2.69. The van der Waals surface area contributed by atoms with Crippen molar-refractivity contribution in [3.63, 3.8) is 0 Å². The van der Waals surface area contributed by atoms with Gasteiger partial charge in [-0.25, -0.2) is 0 Å². The smallest absolute Gasteiger partial charge is 0.229 e. The van der Waals surface area contributed by atoms with Crippen LogP contribution in [0.1, 0.15) is 41.5 Å². The molecule has 0 radical (unpaired) electrons. The maximum Gasteiger partial charge on any atom is 0.229 e. The van der Waals surface area contributed by atoms with Crippen LogP contribution in [0.25, 0.3) is 6.08 Å². The first-order valence-corrected chi connectivity index (χ1v) is 10.1. The normalized spacial score (nSPS) is 25.3. The van der Waals surface area contributed by atoms with Gasteiger partial charge in [-0.05, 0) is 74.4 Å². The zero-order chi connectivity index (χ0) is 20.9. The van der Waals surface area contributed by atoms with Gasteiger partial charge in [-0.1, -0.05) is 0 Å². The van der Waals surface area contributed by atoms with Gasteiger partial charge in [0.2, 0.25) is 11.8 Å². The summed E-state index contributed by atoms with van der Waals surface area (Å²) < 4.78 is 6.33. The molecule has 1 aromatic carbocycles. The van der Waals surface area contributed by atoms with Crippen molar-refractivity contribution in [2.45, 2.75) is 45.1 Å². The highest BCUT2D eigenvalue weighted by Crippen LogP contribution is 2.67. The van der Waals surface area contributed by atoms with Crippen LogP contribution in [0.2, 0.25) is 0 Å². The second kappa shape index (κ2) is 6.47. The van der Waals surface area contributed by atoms with Crippen LogP contribution in [-0.2, 0) is 6.42 Å². The Labute approximate surface area is 175 Å². The number of aryl methyl sites for hydroxylation is 2. The van der Waals surface area contributed by atoms with Crippen molar-refractivity contribution in [3.8, 4) is 23.8 Å². The first-order chi connectivity index (χ1) is 14.4. The number of benzene rings is 1. The SMILES string of the molecule is Cc1cc(/C=C/C#N)cc(C)c1Oc1nc(NC23CC(C#N)(C2)C3)nc2c1CCN2. The molecule has 3 aliphatic carbocycles. The quantitative estimate of drug-likeness (QED) is 0.725. The fraction of sp³-hybridized carbons (Fsp3) is 0.391. The molecule has 7 heteroatoms. The molecule has 2 aromatic rings. The number of nitriles is 2. The molecule has 0 spiro atoms. The molecule has 0 atom stereocenters. The van der Waals surface area contributed by atoms with Crippen LogP contribution in [0, 0.1) is 41.9 Å². The number of hydrogen-bond acceptors (Lipinski definition) is 7. The molecule has 3 fully saturated rings. The summed E-state index contributed by atoms with van der Waals surface area (Å²) in [6.45, 7) is 4.80. The lowest BCUT2D eigenvalue weighted by Crippen LogP contribution is -2.70. The van der Waals surface area contributed by atoms with Crippen molar-refractivity contribution in [1.29, 1.82) is 10.5 Å². The van der Waals surface area contributed by atoms with Crippen molar-refractivity contribution < 1.29 is 4.74 Å². The molecule has 2 bridgehead atoms. The van der Waals surface area contributed by atoms with Crippen molar-refractivity contribution in [2.75, 3.05) is 17.2 Å². The second-order valence-corrected chi connectivity index (χ2v) is 8.73. The molecular formula is C23H22N6O. The van der Waals surface area contributed by atoms with E-state index in [1.54, 1.807) is 6.08 Å². The average Bonchev–Trinajstić information content (AvgIpc) is 3.13. The molecule has 150 valence electrons. The number of fused-ring (bicyclic) bond motifs is 1. The topological polar surface area (TPSA) is 107 Å². The van der Waals surface area contributed by atoms with Crippen molar-refractivity contribution in [2.24, 2.45) is 5.41 Å². The summed E-state index contributed by atoms with van der Waals surface area (Å²) in [6.07, 6.45) is 6.64. The molecule has 30 heavy (non-hydrogen) atoms. The van der Waals surface area contributed by atoms with Gasteiger partial charge in [-0.2, -0.15) is 20.5 Å². The largest absolute Gasteiger partial charge is 0.438 e. The first-order valence-electron chi connectivity index (χ1n) is 10.1. The number of nitrogens with zero attached hydrogens (tertiary/aromatic N) is 4. The van der Waals surface area contributed by atoms with Gasteiger partial charge >= 0.3 is 0 Å².